The molecule has 0 saturated carbocycles. The molecule has 5 nitrogen and oxygen atoms in total. The smallest absolute Gasteiger partial charge is 0.387 e. The zero-order chi connectivity index (χ0) is 14.5. The highest BCUT2D eigenvalue weighted by Gasteiger charge is 2.03. The van der Waals surface area contributed by atoms with Crippen LogP contribution in [0.2, 0.25) is 0 Å². The molecular formula is C13H10F2N2O3. The molecule has 0 spiro atoms. The second kappa shape index (κ2) is 5.96. The van der Waals surface area contributed by atoms with E-state index >= 15 is 0 Å². The summed E-state index contributed by atoms with van der Waals surface area (Å²) in [7, 11) is 0. The fraction of sp³-hybridized carbons (Fsp3) is 0.0769. The zero-order valence-electron chi connectivity index (χ0n) is 10.1. The average molecular weight is 280 g/mol. The summed E-state index contributed by atoms with van der Waals surface area (Å²) >= 11 is 0. The summed E-state index contributed by atoms with van der Waals surface area (Å²) in [6.45, 7) is -2.88. The van der Waals surface area contributed by atoms with Gasteiger partial charge in [-0.25, -0.2) is 5.10 Å². The van der Waals surface area contributed by atoms with Crippen molar-refractivity contribution in [2.24, 2.45) is 0 Å². The molecule has 20 heavy (non-hydrogen) atoms. The largest absolute Gasteiger partial charge is 0.503 e. The lowest BCUT2D eigenvalue weighted by Crippen LogP contribution is -2.07. The van der Waals surface area contributed by atoms with Gasteiger partial charge in [-0.15, -0.1) is 0 Å². The van der Waals surface area contributed by atoms with E-state index < -0.39 is 17.9 Å². The summed E-state index contributed by atoms with van der Waals surface area (Å²) in [6, 6.07) is 7.27. The van der Waals surface area contributed by atoms with E-state index in [1.807, 2.05) is 0 Å². The van der Waals surface area contributed by atoms with E-state index in [4.69, 9.17) is 0 Å². The van der Waals surface area contributed by atoms with Gasteiger partial charge in [0.05, 0.1) is 5.69 Å². The van der Waals surface area contributed by atoms with Gasteiger partial charge >= 0.3 is 12.2 Å². The molecule has 0 bridgehead atoms. The normalized spacial score (nSPS) is 11.2. The number of alkyl halides is 2. The molecular weight excluding hydrogens is 270 g/mol. The first-order valence-corrected chi connectivity index (χ1v) is 5.56. The van der Waals surface area contributed by atoms with Gasteiger partial charge in [-0.3, -0.25) is 4.79 Å². The Hall–Kier alpha value is -2.70. The standard InChI is InChI=1S/C13H10F2N2O3/c14-13(15)20-10-3-1-2-8(6-10)4-5-9-7-11(18)12(19)17-16-9/h1-7,13H,(H,16,18)(H,17,19). The maximum Gasteiger partial charge on any atom is 0.387 e. The number of nitrogens with zero attached hydrogens (tertiary/aromatic N) is 1. The number of halogens is 2. The SMILES string of the molecule is O=c1[nH]nc(C=Cc2cccc(OC(F)F)c2)cc1O. The van der Waals surface area contributed by atoms with Crippen LogP contribution in [0.5, 0.6) is 11.5 Å². The van der Waals surface area contributed by atoms with Gasteiger partial charge in [-0.05, 0) is 23.8 Å². The zero-order valence-corrected chi connectivity index (χ0v) is 10.1. The van der Waals surface area contributed by atoms with Crippen molar-refractivity contribution in [2.75, 3.05) is 0 Å². The van der Waals surface area contributed by atoms with Crippen LogP contribution in [0.25, 0.3) is 12.2 Å². The van der Waals surface area contributed by atoms with Crippen LogP contribution in [-0.2, 0) is 0 Å². The van der Waals surface area contributed by atoms with Crippen LogP contribution in [0.1, 0.15) is 11.3 Å². The fourth-order valence-corrected chi connectivity index (χ4v) is 1.47. The first kappa shape index (κ1) is 13.7. The van der Waals surface area contributed by atoms with Gasteiger partial charge in [0.25, 0.3) is 0 Å². The second-order valence-corrected chi connectivity index (χ2v) is 3.79. The molecule has 104 valence electrons. The number of aromatic amines is 1. The third-order valence-electron chi connectivity index (χ3n) is 2.33. The fourth-order valence-electron chi connectivity index (χ4n) is 1.47. The van der Waals surface area contributed by atoms with Gasteiger partial charge in [0.15, 0.2) is 5.75 Å². The lowest BCUT2D eigenvalue weighted by Gasteiger charge is -2.04. The molecule has 1 aromatic heterocycles. The van der Waals surface area contributed by atoms with Crippen LogP contribution in [0.15, 0.2) is 35.1 Å². The highest BCUT2D eigenvalue weighted by atomic mass is 19.3. The molecule has 0 atom stereocenters. The Balaban J connectivity index is 2.18. The number of nitrogens with one attached hydrogen (secondary N) is 1. The Labute approximate surface area is 112 Å². The third-order valence-corrected chi connectivity index (χ3v) is 2.33. The molecule has 0 saturated heterocycles. The lowest BCUT2D eigenvalue weighted by molar-refractivity contribution is -0.0498. The predicted octanol–water partition coefficient (Wildman–Crippen LogP) is 2.25. The molecule has 0 fully saturated rings. The number of H-pyrrole nitrogens is 1. The van der Waals surface area contributed by atoms with Crippen LogP contribution in [-0.4, -0.2) is 21.9 Å². The first-order chi connectivity index (χ1) is 9.54. The number of ether oxygens (including phenoxy) is 1. The van der Waals surface area contributed by atoms with Crippen molar-refractivity contribution in [1.82, 2.24) is 10.2 Å². The highest BCUT2D eigenvalue weighted by Crippen LogP contribution is 2.17. The van der Waals surface area contributed by atoms with E-state index in [0.29, 0.717) is 11.3 Å². The molecule has 2 aromatic rings. The van der Waals surface area contributed by atoms with Gasteiger partial charge < -0.3 is 9.84 Å². The Morgan fingerprint density at radius 3 is 2.80 bits per heavy atom. The number of aromatic nitrogens is 2. The maximum atomic E-state index is 12.1. The van der Waals surface area contributed by atoms with Gasteiger partial charge in [-0.2, -0.15) is 13.9 Å². The summed E-state index contributed by atoms with van der Waals surface area (Å²) in [5.74, 6) is -0.408. The van der Waals surface area contributed by atoms with E-state index in [2.05, 4.69) is 14.9 Å². The van der Waals surface area contributed by atoms with Crippen LogP contribution in [0.4, 0.5) is 8.78 Å². The molecule has 1 heterocycles. The maximum absolute atomic E-state index is 12.1. The van der Waals surface area contributed by atoms with E-state index in [1.165, 1.54) is 24.3 Å². The number of hydrogen-bond acceptors (Lipinski definition) is 4. The van der Waals surface area contributed by atoms with E-state index in [9.17, 15) is 18.7 Å². The van der Waals surface area contributed by atoms with E-state index in [-0.39, 0.29) is 5.75 Å². The Bertz CT molecular complexity index is 683. The molecule has 0 aliphatic rings. The monoisotopic (exact) mass is 280 g/mol. The predicted molar refractivity (Wildman–Crippen MR) is 68.5 cm³/mol. The van der Waals surface area contributed by atoms with Crippen molar-refractivity contribution in [1.29, 1.82) is 0 Å². The summed E-state index contributed by atoms with van der Waals surface area (Å²) in [5.41, 5.74) is 0.243. The number of benzene rings is 1. The van der Waals surface area contributed by atoms with Crippen LogP contribution < -0.4 is 10.3 Å². The molecule has 0 radical (unpaired) electrons. The summed E-state index contributed by atoms with van der Waals surface area (Å²) in [6.07, 6.45) is 3.09. The molecule has 1 aromatic carbocycles. The summed E-state index contributed by atoms with van der Waals surface area (Å²) in [4.78, 5) is 10.9. The first-order valence-electron chi connectivity index (χ1n) is 5.56. The molecule has 0 aliphatic heterocycles. The van der Waals surface area contributed by atoms with Gasteiger partial charge in [0.1, 0.15) is 5.75 Å². The molecule has 0 unspecified atom stereocenters. The van der Waals surface area contributed by atoms with E-state index in [1.54, 1.807) is 18.2 Å². The quantitative estimate of drug-likeness (QED) is 0.900. The molecule has 7 heteroatoms. The van der Waals surface area contributed by atoms with E-state index in [0.717, 1.165) is 0 Å². The van der Waals surface area contributed by atoms with Crippen molar-refractivity contribution < 1.29 is 18.6 Å². The summed E-state index contributed by atoms with van der Waals surface area (Å²) in [5, 5.41) is 15.0. The molecule has 0 aliphatic carbocycles. The second-order valence-electron chi connectivity index (χ2n) is 3.79. The summed E-state index contributed by atoms with van der Waals surface area (Å²) < 4.78 is 28.4. The molecule has 2 N–H and O–H groups in total. The Morgan fingerprint density at radius 1 is 1.30 bits per heavy atom. The minimum Gasteiger partial charge on any atom is -0.503 e. The Morgan fingerprint density at radius 2 is 2.10 bits per heavy atom. The number of rotatable bonds is 4. The van der Waals surface area contributed by atoms with Crippen molar-refractivity contribution in [3.05, 3.63) is 51.9 Å². The highest BCUT2D eigenvalue weighted by molar-refractivity contribution is 5.68. The van der Waals surface area contributed by atoms with Crippen LogP contribution in [0.3, 0.4) is 0 Å². The third kappa shape index (κ3) is 3.64. The lowest BCUT2D eigenvalue weighted by atomic mass is 10.2. The molecule has 2 rings (SSSR count). The van der Waals surface area contributed by atoms with Crippen molar-refractivity contribution >= 4 is 12.2 Å². The van der Waals surface area contributed by atoms with Gasteiger partial charge in [0, 0.05) is 6.07 Å². The van der Waals surface area contributed by atoms with Crippen LogP contribution in [0, 0.1) is 0 Å². The number of aromatic hydroxyl groups is 1. The van der Waals surface area contributed by atoms with Crippen molar-refractivity contribution in [3.8, 4) is 11.5 Å². The van der Waals surface area contributed by atoms with Gasteiger partial charge in [0.2, 0.25) is 0 Å². The minimum absolute atomic E-state index is 0.0411. The molecule has 0 amide bonds. The van der Waals surface area contributed by atoms with Crippen molar-refractivity contribution in [2.45, 2.75) is 6.61 Å². The van der Waals surface area contributed by atoms with Crippen LogP contribution >= 0.6 is 0 Å². The average Bonchev–Trinajstić information content (AvgIpc) is 2.40. The van der Waals surface area contributed by atoms with Gasteiger partial charge in [-0.1, -0.05) is 18.2 Å². The topological polar surface area (TPSA) is 75.2 Å². The minimum atomic E-state index is -2.88. The Kier molecular flexibility index (Phi) is 4.09. The number of hydrogen-bond donors (Lipinski definition) is 2. The van der Waals surface area contributed by atoms with Crippen molar-refractivity contribution in [3.63, 3.8) is 0 Å².